The Balaban J connectivity index is -0.00000264. The van der Waals surface area contributed by atoms with Crippen LogP contribution in [-0.4, -0.2) is 43.4 Å². The van der Waals surface area contributed by atoms with Crippen molar-refractivity contribution in [3.05, 3.63) is 0 Å². The standard InChI is InChI=1S/C16H30O7S.Na.H/c1-5-12(6-2)10-22-15(17)9-14(24(19,20)21)16(18)23-11-13(7-3)8-4;;/h12-14H,5-11H2,1-4H3,(H,19,20,21);;/q;+1;-1. The van der Waals surface area contributed by atoms with Gasteiger partial charge < -0.3 is 10.9 Å². The Bertz CT molecular complexity index is 491. The third kappa shape index (κ3) is 11.2. The first-order chi connectivity index (χ1) is 11.2. The Morgan fingerprint density at radius 1 is 0.920 bits per heavy atom. The molecule has 0 heterocycles. The van der Waals surface area contributed by atoms with Gasteiger partial charge in [-0.1, -0.05) is 53.4 Å². The summed E-state index contributed by atoms with van der Waals surface area (Å²) in [4.78, 5) is 23.7. The van der Waals surface area contributed by atoms with Gasteiger partial charge in [0.25, 0.3) is 10.1 Å². The molecule has 0 aromatic carbocycles. The van der Waals surface area contributed by atoms with E-state index in [2.05, 4.69) is 0 Å². The van der Waals surface area contributed by atoms with Crippen LogP contribution in [0.2, 0.25) is 0 Å². The predicted molar refractivity (Wildman–Crippen MR) is 91.1 cm³/mol. The first kappa shape index (κ1) is 27.1. The van der Waals surface area contributed by atoms with E-state index in [4.69, 9.17) is 9.47 Å². The topological polar surface area (TPSA) is 107 Å². The van der Waals surface area contributed by atoms with Crippen molar-refractivity contribution in [2.75, 3.05) is 13.2 Å². The summed E-state index contributed by atoms with van der Waals surface area (Å²) in [6.45, 7) is 7.99. The van der Waals surface area contributed by atoms with E-state index in [9.17, 15) is 22.6 Å². The molecule has 1 atom stereocenters. The van der Waals surface area contributed by atoms with Crippen LogP contribution in [-0.2, 0) is 29.2 Å². The molecule has 0 aromatic heterocycles. The molecule has 1 N–H and O–H groups in total. The molecular formula is C16H31NaO7S. The second-order valence-electron chi connectivity index (χ2n) is 5.89. The molecule has 25 heavy (non-hydrogen) atoms. The molecule has 0 aliphatic rings. The van der Waals surface area contributed by atoms with E-state index < -0.39 is 33.7 Å². The SMILES string of the molecule is CCC(CC)COC(=O)CC(C(=O)OCC(CC)CC)S(=O)(=O)O.[H-].[Na+]. The largest absolute Gasteiger partial charge is 1.00 e. The third-order valence-electron chi connectivity index (χ3n) is 4.23. The number of rotatable bonds is 12. The molecule has 0 rings (SSSR count). The average molecular weight is 390 g/mol. The average Bonchev–Trinajstić information content (AvgIpc) is 2.53. The van der Waals surface area contributed by atoms with Gasteiger partial charge in [0.15, 0.2) is 5.25 Å². The number of carbonyl (C=O) groups excluding carboxylic acids is 2. The van der Waals surface area contributed by atoms with Crippen molar-refractivity contribution >= 4 is 22.1 Å². The van der Waals surface area contributed by atoms with Gasteiger partial charge in [-0.05, 0) is 11.8 Å². The minimum atomic E-state index is -4.75. The molecule has 0 radical (unpaired) electrons. The second-order valence-corrected chi connectivity index (χ2v) is 7.48. The normalized spacial score (nSPS) is 12.6. The van der Waals surface area contributed by atoms with E-state index in [0.717, 1.165) is 25.7 Å². The molecule has 0 amide bonds. The van der Waals surface area contributed by atoms with Crippen molar-refractivity contribution in [2.24, 2.45) is 11.8 Å². The van der Waals surface area contributed by atoms with Crippen LogP contribution < -0.4 is 29.6 Å². The molecule has 1 unspecified atom stereocenters. The molecule has 144 valence electrons. The summed E-state index contributed by atoms with van der Waals surface area (Å²) in [6.07, 6.45) is 2.45. The van der Waals surface area contributed by atoms with Crippen molar-refractivity contribution in [1.29, 1.82) is 0 Å². The zero-order valence-corrected chi connectivity index (χ0v) is 18.8. The fourth-order valence-corrected chi connectivity index (χ4v) is 2.73. The number of carbonyl (C=O) groups is 2. The number of hydrogen-bond donors (Lipinski definition) is 1. The minimum absolute atomic E-state index is 0. The molecular weight excluding hydrogens is 359 g/mol. The quantitative estimate of drug-likeness (QED) is 0.277. The van der Waals surface area contributed by atoms with Gasteiger partial charge in [-0.25, -0.2) is 0 Å². The van der Waals surface area contributed by atoms with Gasteiger partial charge in [0.2, 0.25) is 0 Å². The molecule has 0 fully saturated rings. The summed E-state index contributed by atoms with van der Waals surface area (Å²) in [6, 6.07) is 0. The summed E-state index contributed by atoms with van der Waals surface area (Å²) in [5, 5.41) is -1.94. The third-order valence-corrected chi connectivity index (χ3v) is 5.30. The molecule has 9 heteroatoms. The van der Waals surface area contributed by atoms with Crippen LogP contribution in [0, 0.1) is 11.8 Å². The first-order valence-electron chi connectivity index (χ1n) is 8.47. The van der Waals surface area contributed by atoms with E-state index in [1.807, 2.05) is 27.7 Å². The maximum Gasteiger partial charge on any atom is 1.00 e. The molecule has 0 spiro atoms. The van der Waals surface area contributed by atoms with Crippen LogP contribution >= 0.6 is 0 Å². The van der Waals surface area contributed by atoms with Crippen LogP contribution in [0.25, 0.3) is 0 Å². The molecule has 0 aliphatic heterocycles. The second kappa shape index (κ2) is 14.0. The summed E-state index contributed by atoms with van der Waals surface area (Å²) in [5.74, 6) is -1.68. The van der Waals surface area contributed by atoms with Gasteiger partial charge in [-0.3, -0.25) is 14.1 Å². The van der Waals surface area contributed by atoms with Crippen molar-refractivity contribution < 1.29 is 63.0 Å². The van der Waals surface area contributed by atoms with E-state index in [1.54, 1.807) is 0 Å². The fraction of sp³-hybridized carbons (Fsp3) is 0.875. The van der Waals surface area contributed by atoms with Gasteiger partial charge in [0.05, 0.1) is 19.6 Å². The molecule has 7 nitrogen and oxygen atoms in total. The maximum absolute atomic E-state index is 11.9. The minimum Gasteiger partial charge on any atom is -1.00 e. The van der Waals surface area contributed by atoms with E-state index in [-0.39, 0.29) is 56.0 Å². The zero-order chi connectivity index (χ0) is 18.8. The van der Waals surface area contributed by atoms with Gasteiger partial charge in [-0.2, -0.15) is 8.42 Å². The molecule has 0 saturated heterocycles. The van der Waals surface area contributed by atoms with Gasteiger partial charge in [-0.15, -0.1) is 0 Å². The molecule has 0 aromatic rings. The molecule has 0 saturated carbocycles. The smallest absolute Gasteiger partial charge is 1.00 e. The predicted octanol–water partition coefficient (Wildman–Crippen LogP) is -0.292. The van der Waals surface area contributed by atoms with Crippen molar-refractivity contribution in [2.45, 2.75) is 65.0 Å². The summed E-state index contributed by atoms with van der Waals surface area (Å²) in [5.41, 5.74) is 0. The van der Waals surface area contributed by atoms with E-state index in [0.29, 0.717) is 0 Å². The summed E-state index contributed by atoms with van der Waals surface area (Å²) < 4.78 is 42.0. The Morgan fingerprint density at radius 2 is 1.32 bits per heavy atom. The van der Waals surface area contributed by atoms with Crippen LogP contribution in [0.5, 0.6) is 0 Å². The Hall–Kier alpha value is -0.150. The first-order valence-corrected chi connectivity index (χ1v) is 9.98. The van der Waals surface area contributed by atoms with Crippen LogP contribution in [0.4, 0.5) is 0 Å². The van der Waals surface area contributed by atoms with Crippen molar-refractivity contribution in [3.8, 4) is 0 Å². The van der Waals surface area contributed by atoms with Crippen LogP contribution in [0.3, 0.4) is 0 Å². The maximum atomic E-state index is 11.9. The van der Waals surface area contributed by atoms with Gasteiger partial charge >= 0.3 is 41.5 Å². The van der Waals surface area contributed by atoms with Crippen molar-refractivity contribution in [3.63, 3.8) is 0 Å². The Kier molecular flexibility index (Phi) is 15.1. The van der Waals surface area contributed by atoms with Gasteiger partial charge in [0, 0.05) is 0 Å². The van der Waals surface area contributed by atoms with Crippen LogP contribution in [0.1, 0.15) is 61.2 Å². The summed E-state index contributed by atoms with van der Waals surface area (Å²) >= 11 is 0. The summed E-state index contributed by atoms with van der Waals surface area (Å²) in [7, 11) is -4.75. The van der Waals surface area contributed by atoms with Crippen LogP contribution in [0.15, 0.2) is 0 Å². The van der Waals surface area contributed by atoms with E-state index in [1.165, 1.54) is 0 Å². The Labute approximate surface area is 174 Å². The monoisotopic (exact) mass is 390 g/mol. The number of esters is 2. The van der Waals surface area contributed by atoms with Crippen molar-refractivity contribution in [1.82, 2.24) is 0 Å². The fourth-order valence-electron chi connectivity index (χ4n) is 2.07. The molecule has 0 aliphatic carbocycles. The number of ether oxygens (including phenoxy) is 2. The van der Waals surface area contributed by atoms with E-state index >= 15 is 0 Å². The van der Waals surface area contributed by atoms with Gasteiger partial charge in [0.1, 0.15) is 0 Å². The zero-order valence-electron chi connectivity index (χ0n) is 17.0. The number of hydrogen-bond acceptors (Lipinski definition) is 6. The Morgan fingerprint density at radius 3 is 1.68 bits per heavy atom. The molecule has 0 bridgehead atoms.